The van der Waals surface area contributed by atoms with Gasteiger partial charge in [0.25, 0.3) is 0 Å². The van der Waals surface area contributed by atoms with Gasteiger partial charge in [0.2, 0.25) is 5.91 Å². The molecular weight excluding hydrogens is 362 g/mol. The molecule has 1 atom stereocenters. The number of aromatic nitrogens is 2. The van der Waals surface area contributed by atoms with E-state index >= 15 is 0 Å². The number of anilines is 2. The van der Waals surface area contributed by atoms with Gasteiger partial charge in [0.1, 0.15) is 12.1 Å². The second-order valence-electron chi connectivity index (χ2n) is 8.91. The summed E-state index contributed by atoms with van der Waals surface area (Å²) < 4.78 is 0. The molecule has 1 spiro atoms. The van der Waals surface area contributed by atoms with Crippen LogP contribution in [0.2, 0.25) is 0 Å². The van der Waals surface area contributed by atoms with E-state index in [1.54, 1.807) is 13.3 Å². The van der Waals surface area contributed by atoms with Crippen LogP contribution >= 0.6 is 0 Å². The third-order valence-electron chi connectivity index (χ3n) is 7.09. The zero-order valence-electron chi connectivity index (χ0n) is 17.3. The number of amides is 1. The lowest BCUT2D eigenvalue weighted by Gasteiger charge is -2.40. The number of carbonyl (C=O) groups is 1. The molecule has 2 aliphatic heterocycles. The van der Waals surface area contributed by atoms with E-state index in [0.717, 1.165) is 38.9 Å². The standard InChI is InChI=1S/C23H29N5O/c1-15-3-5-20-21(15)22(27-14-26-20)28-9-7-23(8-10-28)13-25-19-6-4-17(11-18(19)23)12-24-16(2)29/h4,6,11,14-15,25H,3,5,7-10,12-13H2,1-2H3,(H,24,29). The molecule has 1 aliphatic carbocycles. The first-order valence-electron chi connectivity index (χ1n) is 10.8. The number of carbonyl (C=O) groups excluding carboxylic acids is 1. The third kappa shape index (κ3) is 3.15. The summed E-state index contributed by atoms with van der Waals surface area (Å²) in [5, 5.41) is 6.54. The molecule has 2 aromatic rings. The average Bonchev–Trinajstić information content (AvgIpc) is 3.28. The van der Waals surface area contributed by atoms with Gasteiger partial charge in [0, 0.05) is 55.5 Å². The number of rotatable bonds is 3. The van der Waals surface area contributed by atoms with Crippen molar-refractivity contribution < 1.29 is 4.79 Å². The molecule has 0 bridgehead atoms. The van der Waals surface area contributed by atoms with Gasteiger partial charge in [-0.1, -0.05) is 19.1 Å². The van der Waals surface area contributed by atoms with E-state index in [1.807, 2.05) is 0 Å². The Labute approximate surface area is 172 Å². The van der Waals surface area contributed by atoms with Crippen molar-refractivity contribution in [2.24, 2.45) is 0 Å². The van der Waals surface area contributed by atoms with Gasteiger partial charge in [0.05, 0.1) is 0 Å². The topological polar surface area (TPSA) is 70.2 Å². The fraction of sp³-hybridized carbons (Fsp3) is 0.522. The predicted molar refractivity (Wildman–Crippen MR) is 114 cm³/mol. The van der Waals surface area contributed by atoms with Crippen LogP contribution in [-0.2, 0) is 23.2 Å². The molecule has 6 heteroatoms. The summed E-state index contributed by atoms with van der Waals surface area (Å²) >= 11 is 0. The molecule has 29 heavy (non-hydrogen) atoms. The lowest BCUT2D eigenvalue weighted by molar-refractivity contribution is -0.119. The third-order valence-corrected chi connectivity index (χ3v) is 7.09. The molecule has 1 aromatic carbocycles. The minimum Gasteiger partial charge on any atom is -0.384 e. The van der Waals surface area contributed by atoms with Gasteiger partial charge in [-0.3, -0.25) is 4.79 Å². The Morgan fingerprint density at radius 2 is 2.14 bits per heavy atom. The molecule has 152 valence electrons. The van der Waals surface area contributed by atoms with Crippen LogP contribution in [0.3, 0.4) is 0 Å². The normalized spacial score (nSPS) is 21.6. The van der Waals surface area contributed by atoms with Gasteiger partial charge in [0.15, 0.2) is 0 Å². The number of nitrogens with one attached hydrogen (secondary N) is 2. The lowest BCUT2D eigenvalue weighted by Crippen LogP contribution is -2.44. The minimum atomic E-state index is 0.0123. The number of hydrogen-bond acceptors (Lipinski definition) is 5. The number of fused-ring (bicyclic) bond motifs is 3. The molecule has 1 fully saturated rings. The fourth-order valence-corrected chi connectivity index (χ4v) is 5.35. The quantitative estimate of drug-likeness (QED) is 0.841. The molecular formula is C23H29N5O. The van der Waals surface area contributed by atoms with Crippen molar-refractivity contribution in [1.29, 1.82) is 0 Å². The van der Waals surface area contributed by atoms with Crippen LogP contribution in [0.25, 0.3) is 0 Å². The molecule has 0 radical (unpaired) electrons. The zero-order valence-corrected chi connectivity index (χ0v) is 17.3. The van der Waals surface area contributed by atoms with Gasteiger partial charge in [-0.2, -0.15) is 0 Å². The average molecular weight is 392 g/mol. The van der Waals surface area contributed by atoms with E-state index in [1.165, 1.54) is 40.3 Å². The summed E-state index contributed by atoms with van der Waals surface area (Å²) in [5.41, 5.74) is 6.65. The van der Waals surface area contributed by atoms with Crippen LogP contribution in [0.4, 0.5) is 11.5 Å². The Morgan fingerprint density at radius 3 is 2.93 bits per heavy atom. The number of hydrogen-bond donors (Lipinski definition) is 2. The molecule has 1 amide bonds. The zero-order chi connectivity index (χ0) is 20.0. The predicted octanol–water partition coefficient (Wildman–Crippen LogP) is 3.13. The maximum atomic E-state index is 11.3. The van der Waals surface area contributed by atoms with E-state index in [2.05, 4.69) is 45.6 Å². The second-order valence-corrected chi connectivity index (χ2v) is 8.91. The maximum Gasteiger partial charge on any atom is 0.217 e. The number of piperidine rings is 1. The Hall–Kier alpha value is -2.63. The summed E-state index contributed by atoms with van der Waals surface area (Å²) in [6.07, 6.45) is 6.25. The van der Waals surface area contributed by atoms with Crippen LogP contribution in [0.5, 0.6) is 0 Å². The second kappa shape index (κ2) is 7.01. The van der Waals surface area contributed by atoms with E-state index in [4.69, 9.17) is 4.98 Å². The Balaban J connectivity index is 1.36. The molecule has 5 rings (SSSR count). The first-order valence-corrected chi connectivity index (χ1v) is 10.8. The molecule has 0 saturated carbocycles. The largest absolute Gasteiger partial charge is 0.384 e. The monoisotopic (exact) mass is 391 g/mol. The van der Waals surface area contributed by atoms with Crippen LogP contribution in [0, 0.1) is 0 Å². The molecule has 6 nitrogen and oxygen atoms in total. The summed E-state index contributed by atoms with van der Waals surface area (Å²) in [7, 11) is 0. The van der Waals surface area contributed by atoms with Crippen LogP contribution in [0.1, 0.15) is 61.4 Å². The van der Waals surface area contributed by atoms with Crippen LogP contribution in [-0.4, -0.2) is 35.5 Å². The van der Waals surface area contributed by atoms with Crippen molar-refractivity contribution in [1.82, 2.24) is 15.3 Å². The van der Waals surface area contributed by atoms with Gasteiger partial charge in [-0.15, -0.1) is 0 Å². The number of aryl methyl sites for hydroxylation is 1. The molecule has 2 N–H and O–H groups in total. The first kappa shape index (κ1) is 18.4. The van der Waals surface area contributed by atoms with E-state index in [9.17, 15) is 4.79 Å². The number of benzene rings is 1. The maximum absolute atomic E-state index is 11.3. The van der Waals surface area contributed by atoms with Crippen molar-refractivity contribution in [2.45, 2.75) is 57.4 Å². The van der Waals surface area contributed by atoms with Gasteiger partial charge in [-0.25, -0.2) is 9.97 Å². The number of nitrogens with zero attached hydrogens (tertiary/aromatic N) is 3. The van der Waals surface area contributed by atoms with Crippen molar-refractivity contribution in [3.8, 4) is 0 Å². The summed E-state index contributed by atoms with van der Waals surface area (Å²) in [5.74, 6) is 1.74. The molecule has 3 heterocycles. The smallest absolute Gasteiger partial charge is 0.217 e. The SMILES string of the molecule is CC(=O)NCc1ccc2c(c1)C1(CCN(c3ncnc4c3C(C)CC4)CC1)CN2. The van der Waals surface area contributed by atoms with E-state index < -0.39 is 0 Å². The summed E-state index contributed by atoms with van der Waals surface area (Å²) in [6, 6.07) is 6.58. The van der Waals surface area contributed by atoms with Crippen LogP contribution in [0.15, 0.2) is 24.5 Å². The highest BCUT2D eigenvalue weighted by molar-refractivity contribution is 5.73. The summed E-state index contributed by atoms with van der Waals surface area (Å²) in [6.45, 7) is 7.50. The highest BCUT2D eigenvalue weighted by Gasteiger charge is 2.42. The minimum absolute atomic E-state index is 0.0123. The first-order chi connectivity index (χ1) is 14.1. The molecule has 3 aliphatic rings. The highest BCUT2D eigenvalue weighted by Crippen LogP contribution is 2.46. The fourth-order valence-electron chi connectivity index (χ4n) is 5.35. The Morgan fingerprint density at radius 1 is 1.31 bits per heavy atom. The summed E-state index contributed by atoms with van der Waals surface area (Å²) in [4.78, 5) is 23.0. The van der Waals surface area contributed by atoms with Crippen molar-refractivity contribution in [3.05, 3.63) is 46.9 Å². The Kier molecular flexibility index (Phi) is 4.45. The highest BCUT2D eigenvalue weighted by atomic mass is 16.1. The van der Waals surface area contributed by atoms with Gasteiger partial charge >= 0.3 is 0 Å². The van der Waals surface area contributed by atoms with Gasteiger partial charge < -0.3 is 15.5 Å². The van der Waals surface area contributed by atoms with Crippen LogP contribution < -0.4 is 15.5 Å². The van der Waals surface area contributed by atoms with E-state index in [-0.39, 0.29) is 11.3 Å². The van der Waals surface area contributed by atoms with Gasteiger partial charge in [-0.05, 0) is 48.8 Å². The van der Waals surface area contributed by atoms with Crippen molar-refractivity contribution in [3.63, 3.8) is 0 Å². The van der Waals surface area contributed by atoms with E-state index in [0.29, 0.717) is 12.5 Å². The van der Waals surface area contributed by atoms with Crippen molar-refractivity contribution in [2.75, 3.05) is 29.9 Å². The van der Waals surface area contributed by atoms with Crippen molar-refractivity contribution >= 4 is 17.4 Å². The Bertz CT molecular complexity index is 948. The molecule has 1 saturated heterocycles. The lowest BCUT2D eigenvalue weighted by atomic mass is 9.74. The molecule has 1 unspecified atom stereocenters. The molecule has 1 aromatic heterocycles.